The number of fused-ring (bicyclic) bond motifs is 1. The van der Waals surface area contributed by atoms with E-state index in [0.717, 1.165) is 55.5 Å². The van der Waals surface area contributed by atoms with E-state index in [1.165, 1.54) is 0 Å². The van der Waals surface area contributed by atoms with Crippen LogP contribution < -0.4 is 10.5 Å². The van der Waals surface area contributed by atoms with Crippen molar-refractivity contribution in [3.63, 3.8) is 0 Å². The smallest absolute Gasteiger partial charge is 0.253 e. The van der Waals surface area contributed by atoms with Crippen LogP contribution in [0.25, 0.3) is 5.65 Å². The number of aromatic nitrogens is 6. The predicted molar refractivity (Wildman–Crippen MR) is 103 cm³/mol. The van der Waals surface area contributed by atoms with Gasteiger partial charge in [-0.05, 0) is 43.7 Å². The highest BCUT2D eigenvalue weighted by atomic mass is 16.1. The van der Waals surface area contributed by atoms with Crippen LogP contribution in [-0.2, 0) is 6.54 Å². The fraction of sp³-hybridized carbons (Fsp3) is 0.526. The van der Waals surface area contributed by atoms with Crippen molar-refractivity contribution < 1.29 is 0 Å². The Morgan fingerprint density at radius 3 is 2.67 bits per heavy atom. The third-order valence-electron chi connectivity index (χ3n) is 5.29. The highest BCUT2D eigenvalue weighted by molar-refractivity contribution is 5.45. The zero-order valence-electron chi connectivity index (χ0n) is 16.0. The number of hydrogen-bond acceptors (Lipinski definition) is 6. The van der Waals surface area contributed by atoms with Crippen molar-refractivity contribution in [2.45, 2.75) is 46.1 Å². The molecule has 1 aliphatic heterocycles. The van der Waals surface area contributed by atoms with Gasteiger partial charge in [0.1, 0.15) is 5.82 Å². The molecule has 1 aliphatic rings. The topological polar surface area (TPSA) is 81.2 Å². The summed E-state index contributed by atoms with van der Waals surface area (Å²) >= 11 is 0. The van der Waals surface area contributed by atoms with E-state index in [0.29, 0.717) is 5.92 Å². The minimum atomic E-state index is 0.0475. The Morgan fingerprint density at radius 1 is 1.19 bits per heavy atom. The molecule has 1 fully saturated rings. The summed E-state index contributed by atoms with van der Waals surface area (Å²) in [6, 6.07) is 5.62. The molecular weight excluding hydrogens is 342 g/mol. The Labute approximate surface area is 157 Å². The molecule has 8 heteroatoms. The molecule has 0 aliphatic carbocycles. The Balaban J connectivity index is 1.41. The predicted octanol–water partition coefficient (Wildman–Crippen LogP) is 2.03. The van der Waals surface area contributed by atoms with Crippen molar-refractivity contribution in [3.8, 4) is 0 Å². The number of aryl methyl sites for hydroxylation is 1. The number of piperidine rings is 1. The van der Waals surface area contributed by atoms with Crippen molar-refractivity contribution >= 4 is 11.5 Å². The normalized spacial score (nSPS) is 15.8. The van der Waals surface area contributed by atoms with Crippen molar-refractivity contribution in [2.24, 2.45) is 5.92 Å². The molecule has 8 nitrogen and oxygen atoms in total. The Morgan fingerprint density at radius 2 is 1.96 bits per heavy atom. The van der Waals surface area contributed by atoms with Gasteiger partial charge in [0, 0.05) is 25.7 Å². The summed E-state index contributed by atoms with van der Waals surface area (Å²) in [5.41, 5.74) is 1.67. The van der Waals surface area contributed by atoms with Crippen molar-refractivity contribution in [3.05, 3.63) is 46.4 Å². The number of nitrogens with zero attached hydrogens (tertiary/aromatic N) is 7. The molecule has 0 N–H and O–H groups in total. The van der Waals surface area contributed by atoms with Gasteiger partial charge in [0.05, 0.1) is 12.0 Å². The first-order chi connectivity index (χ1) is 13.0. The maximum Gasteiger partial charge on any atom is 0.253 e. The van der Waals surface area contributed by atoms with Crippen LogP contribution >= 0.6 is 0 Å². The fourth-order valence-corrected chi connectivity index (χ4v) is 3.57. The zero-order valence-corrected chi connectivity index (χ0v) is 16.0. The molecule has 27 heavy (non-hydrogen) atoms. The van der Waals surface area contributed by atoms with Gasteiger partial charge >= 0.3 is 0 Å². The number of rotatable bonds is 4. The standard InChI is InChI=1S/C19H25N7O/c1-13(2)16-10-19(27)25(12-20-16)11-15-6-8-24(9-7-15)18-5-4-17-22-21-14(3)26(17)23-18/h4-5,10,12-13,15H,6-9,11H2,1-3H3. The molecule has 3 aromatic rings. The van der Waals surface area contributed by atoms with Gasteiger partial charge in [0.15, 0.2) is 11.5 Å². The molecule has 4 rings (SSSR count). The molecule has 4 heterocycles. The molecule has 0 bridgehead atoms. The van der Waals surface area contributed by atoms with Gasteiger partial charge in [-0.15, -0.1) is 15.3 Å². The van der Waals surface area contributed by atoms with Gasteiger partial charge in [-0.1, -0.05) is 13.8 Å². The highest BCUT2D eigenvalue weighted by Crippen LogP contribution is 2.23. The van der Waals surface area contributed by atoms with E-state index in [2.05, 4.69) is 39.0 Å². The zero-order chi connectivity index (χ0) is 19.0. The van der Waals surface area contributed by atoms with Crippen LogP contribution in [0.3, 0.4) is 0 Å². The molecule has 0 aromatic carbocycles. The highest BCUT2D eigenvalue weighted by Gasteiger charge is 2.21. The fourth-order valence-electron chi connectivity index (χ4n) is 3.57. The van der Waals surface area contributed by atoms with Crippen molar-refractivity contribution in [1.29, 1.82) is 0 Å². The van der Waals surface area contributed by atoms with E-state index in [1.54, 1.807) is 21.5 Å². The maximum atomic E-state index is 12.3. The second-order valence-corrected chi connectivity index (χ2v) is 7.60. The third kappa shape index (κ3) is 3.56. The minimum absolute atomic E-state index is 0.0475. The third-order valence-corrected chi connectivity index (χ3v) is 5.29. The van der Waals surface area contributed by atoms with E-state index in [4.69, 9.17) is 0 Å². The molecule has 1 saturated heterocycles. The lowest BCUT2D eigenvalue weighted by Gasteiger charge is -2.32. The van der Waals surface area contributed by atoms with Gasteiger partial charge in [-0.2, -0.15) is 4.52 Å². The average molecular weight is 367 g/mol. The van der Waals surface area contributed by atoms with Crippen LogP contribution in [0.15, 0.2) is 29.3 Å². The van der Waals surface area contributed by atoms with Gasteiger partial charge in [-0.25, -0.2) is 4.98 Å². The lowest BCUT2D eigenvalue weighted by molar-refractivity contribution is 0.349. The van der Waals surface area contributed by atoms with Crippen LogP contribution in [0.4, 0.5) is 5.82 Å². The lowest BCUT2D eigenvalue weighted by atomic mass is 9.96. The van der Waals surface area contributed by atoms with E-state index in [9.17, 15) is 4.79 Å². The van der Waals surface area contributed by atoms with Crippen LogP contribution in [0.5, 0.6) is 0 Å². The quantitative estimate of drug-likeness (QED) is 0.702. The van der Waals surface area contributed by atoms with Gasteiger partial charge in [0.25, 0.3) is 5.56 Å². The Bertz CT molecular complexity index is 999. The lowest BCUT2D eigenvalue weighted by Crippen LogP contribution is -2.37. The summed E-state index contributed by atoms with van der Waals surface area (Å²) in [6.07, 6.45) is 3.76. The van der Waals surface area contributed by atoms with Crippen LogP contribution in [-0.4, -0.2) is 42.5 Å². The molecule has 0 saturated carbocycles. The maximum absolute atomic E-state index is 12.3. The van der Waals surface area contributed by atoms with E-state index >= 15 is 0 Å². The second kappa shape index (κ2) is 7.09. The Hall–Kier alpha value is -2.77. The van der Waals surface area contributed by atoms with Crippen LogP contribution in [0.1, 0.15) is 44.1 Å². The SMILES string of the molecule is Cc1nnc2ccc(N3CCC(Cn4cnc(C(C)C)cc4=O)CC3)nn12. The van der Waals surface area contributed by atoms with Crippen LogP contribution in [0.2, 0.25) is 0 Å². The molecule has 3 aromatic heterocycles. The van der Waals surface area contributed by atoms with E-state index in [1.807, 2.05) is 19.1 Å². The van der Waals surface area contributed by atoms with Gasteiger partial charge < -0.3 is 4.90 Å². The summed E-state index contributed by atoms with van der Waals surface area (Å²) in [4.78, 5) is 19.0. The first-order valence-electron chi connectivity index (χ1n) is 9.51. The minimum Gasteiger partial charge on any atom is -0.355 e. The van der Waals surface area contributed by atoms with Gasteiger partial charge in [-0.3, -0.25) is 9.36 Å². The molecule has 0 atom stereocenters. The van der Waals surface area contributed by atoms with E-state index in [-0.39, 0.29) is 11.5 Å². The summed E-state index contributed by atoms with van der Waals surface area (Å²) in [7, 11) is 0. The second-order valence-electron chi connectivity index (χ2n) is 7.60. The van der Waals surface area contributed by atoms with E-state index < -0.39 is 0 Å². The first-order valence-corrected chi connectivity index (χ1v) is 9.51. The molecule has 0 amide bonds. The van der Waals surface area contributed by atoms with Crippen molar-refractivity contribution in [2.75, 3.05) is 18.0 Å². The van der Waals surface area contributed by atoms with Crippen LogP contribution in [0, 0.1) is 12.8 Å². The number of hydrogen-bond donors (Lipinski definition) is 0. The summed E-state index contributed by atoms with van der Waals surface area (Å²) in [5, 5.41) is 12.8. The first kappa shape index (κ1) is 17.6. The molecule has 0 unspecified atom stereocenters. The molecule has 0 spiro atoms. The van der Waals surface area contributed by atoms with Crippen molar-refractivity contribution in [1.82, 2.24) is 29.4 Å². The summed E-state index contributed by atoms with van der Waals surface area (Å²) < 4.78 is 3.53. The Kier molecular flexibility index (Phi) is 4.63. The monoisotopic (exact) mass is 367 g/mol. The average Bonchev–Trinajstić information content (AvgIpc) is 3.04. The molecular formula is C19H25N7O. The largest absolute Gasteiger partial charge is 0.355 e. The molecule has 142 valence electrons. The molecule has 0 radical (unpaired) electrons. The number of anilines is 1. The summed E-state index contributed by atoms with van der Waals surface area (Å²) in [5.74, 6) is 2.49. The van der Waals surface area contributed by atoms with Gasteiger partial charge in [0.2, 0.25) is 0 Å². The summed E-state index contributed by atoms with van der Waals surface area (Å²) in [6.45, 7) is 8.59.